The van der Waals surface area contributed by atoms with Gasteiger partial charge in [-0.25, -0.2) is 9.59 Å². The van der Waals surface area contributed by atoms with Gasteiger partial charge < -0.3 is 48.3 Å². The van der Waals surface area contributed by atoms with Gasteiger partial charge in [0, 0.05) is 78.8 Å². The van der Waals surface area contributed by atoms with Crippen LogP contribution in [0.5, 0.6) is 11.5 Å². The fraction of sp³-hybridized carbons (Fsp3) is 0.583. The van der Waals surface area contributed by atoms with Crippen LogP contribution in [0, 0.1) is 20.2 Å². The predicted octanol–water partition coefficient (Wildman–Crippen LogP) is 3.13. The molecule has 4 rings (SSSR count). The molecule has 54 heavy (non-hydrogen) atoms. The van der Waals surface area contributed by atoms with E-state index in [9.17, 15) is 34.6 Å². The van der Waals surface area contributed by atoms with Gasteiger partial charge in [0.05, 0.1) is 27.5 Å². The molecule has 0 saturated carbocycles. The number of hydrogen-bond donors (Lipinski definition) is 4. The molecular formula is C36H56Cl2N6O10. The number of quaternary nitrogens is 1. The average Bonchev–Trinajstić information content (AvgIpc) is 2.94. The van der Waals surface area contributed by atoms with Crippen molar-refractivity contribution in [3.05, 3.63) is 68.8 Å². The van der Waals surface area contributed by atoms with Gasteiger partial charge in [-0.15, -0.1) is 0 Å². The number of nitrogens with one attached hydrogen (secondary N) is 2. The van der Waals surface area contributed by atoms with E-state index >= 15 is 0 Å². The number of amides is 1. The average molecular weight is 804 g/mol. The summed E-state index contributed by atoms with van der Waals surface area (Å²) >= 11 is 4.92. The van der Waals surface area contributed by atoms with Crippen LogP contribution in [-0.4, -0.2) is 68.2 Å². The Balaban J connectivity index is 0.000000769. The molecule has 0 aromatic heterocycles. The van der Waals surface area contributed by atoms with Gasteiger partial charge in [0.2, 0.25) is 0 Å². The zero-order valence-corrected chi connectivity index (χ0v) is 34.2. The van der Waals surface area contributed by atoms with Crippen LogP contribution in [0.1, 0.15) is 94.9 Å². The highest BCUT2D eigenvalue weighted by Gasteiger charge is 2.42. The molecule has 304 valence electrons. The van der Waals surface area contributed by atoms with Crippen molar-refractivity contribution >= 4 is 40.5 Å². The molecule has 0 atom stereocenters. The minimum Gasteiger partial charge on any atom is -1.00 e. The molecule has 2 saturated heterocycles. The Bertz CT molecular complexity index is 1510. The molecular weight excluding hydrogens is 747 g/mol. The van der Waals surface area contributed by atoms with Gasteiger partial charge in [0.15, 0.2) is 0 Å². The second-order valence-corrected chi connectivity index (χ2v) is 15.9. The topological polar surface area (TPSA) is 232 Å². The summed E-state index contributed by atoms with van der Waals surface area (Å²) in [5.41, 5.74) is 5.37. The molecule has 6 N–H and O–H groups in total. The summed E-state index contributed by atoms with van der Waals surface area (Å²) in [6, 6.07) is 10.9. The highest BCUT2D eigenvalue weighted by atomic mass is 35.5. The maximum absolute atomic E-state index is 12.0. The molecule has 2 aliphatic heterocycles. The Morgan fingerprint density at radius 2 is 1.20 bits per heavy atom. The summed E-state index contributed by atoms with van der Waals surface area (Å²) < 4.78 is 14.1. The van der Waals surface area contributed by atoms with Crippen molar-refractivity contribution in [3.63, 3.8) is 0 Å². The van der Waals surface area contributed by atoms with Crippen LogP contribution < -0.4 is 43.6 Å². The second kappa shape index (κ2) is 21.7. The van der Waals surface area contributed by atoms with E-state index in [1.165, 1.54) is 55.5 Å². The number of ether oxygens (including phenoxy) is 3. The lowest BCUT2D eigenvalue weighted by molar-refractivity contribution is -0.788. The number of nitrogens with zero attached hydrogens (tertiary/aromatic N) is 2. The number of rotatable bonds is 6. The van der Waals surface area contributed by atoms with E-state index in [0.717, 1.165) is 25.7 Å². The van der Waals surface area contributed by atoms with Crippen LogP contribution in [0.15, 0.2) is 48.5 Å². The number of carbonyl (C=O) groups excluding carboxylic acids is 3. The molecule has 0 bridgehead atoms. The van der Waals surface area contributed by atoms with Crippen LogP contribution in [-0.2, 0) is 9.53 Å². The van der Waals surface area contributed by atoms with Crippen molar-refractivity contribution in [2.24, 2.45) is 5.73 Å². The Morgan fingerprint density at radius 1 is 0.815 bits per heavy atom. The summed E-state index contributed by atoms with van der Waals surface area (Å²) in [7, 11) is 0. The monoisotopic (exact) mass is 802 g/mol. The molecule has 2 aliphatic rings. The van der Waals surface area contributed by atoms with Gasteiger partial charge in [0.25, 0.3) is 11.4 Å². The van der Waals surface area contributed by atoms with Crippen LogP contribution in [0.2, 0.25) is 0 Å². The van der Waals surface area contributed by atoms with Crippen molar-refractivity contribution in [3.8, 4) is 11.5 Å². The first kappa shape index (κ1) is 49.9. The lowest BCUT2D eigenvalue weighted by Crippen LogP contribution is -3.06. The molecule has 2 aromatic rings. The van der Waals surface area contributed by atoms with Crippen LogP contribution in [0.3, 0.4) is 0 Å². The molecule has 0 radical (unpaired) electrons. The normalized spacial score (nSPS) is 17.7. The summed E-state index contributed by atoms with van der Waals surface area (Å²) in [6.45, 7) is 21.1. The fourth-order valence-electron chi connectivity index (χ4n) is 6.89. The maximum atomic E-state index is 12.0. The molecule has 0 aliphatic carbocycles. The van der Waals surface area contributed by atoms with Gasteiger partial charge >= 0.3 is 17.5 Å². The van der Waals surface area contributed by atoms with E-state index in [1.54, 1.807) is 6.92 Å². The number of benzene rings is 2. The number of carbonyl (C=O) groups is 3. The standard InChI is InChI=1S/C16H23N3O4.C9H20N2.C7H4ClNO4.C4H8O2.ClH/c1-15(2)9-11(10-16(3,4)18-15)17-14(20)23-13-7-5-12(6-8-13)19(21)22;1-8(2)5-7(10)6-9(3,4)11-8;8-7(10)13-6-3-1-5(2-4-6)9(11)12;1-3-6-4(2)5;/h5-8,11,18H,9-10H2,1-4H3,(H,17,20);7,11H,5-6,10H2,1-4H3;1-4H;3H2,1-2H3;1H. The van der Waals surface area contributed by atoms with Gasteiger partial charge in [-0.2, -0.15) is 0 Å². The third-order valence-corrected chi connectivity index (χ3v) is 7.80. The predicted molar refractivity (Wildman–Crippen MR) is 201 cm³/mol. The highest BCUT2D eigenvalue weighted by Crippen LogP contribution is 2.27. The zero-order chi connectivity index (χ0) is 40.8. The molecule has 18 heteroatoms. The molecule has 0 unspecified atom stereocenters. The minimum absolute atomic E-state index is 0. The Hall–Kier alpha value is -4.09. The minimum atomic E-state index is -0.978. The lowest BCUT2D eigenvalue weighted by Gasteiger charge is -2.45. The number of halogens is 2. The Morgan fingerprint density at radius 3 is 1.50 bits per heavy atom. The van der Waals surface area contributed by atoms with Crippen LogP contribution in [0.25, 0.3) is 0 Å². The third-order valence-electron chi connectivity index (χ3n) is 7.72. The quantitative estimate of drug-likeness (QED) is 0.143. The van der Waals surface area contributed by atoms with E-state index in [2.05, 4.69) is 80.8 Å². The van der Waals surface area contributed by atoms with Crippen LogP contribution in [0.4, 0.5) is 21.0 Å². The molecule has 0 spiro atoms. The maximum Gasteiger partial charge on any atom is 0.412 e. The first-order valence-electron chi connectivity index (χ1n) is 17.1. The van der Waals surface area contributed by atoms with Gasteiger partial charge in [-0.3, -0.25) is 25.0 Å². The number of nitro benzene ring substituents is 2. The smallest absolute Gasteiger partial charge is 0.412 e. The summed E-state index contributed by atoms with van der Waals surface area (Å²) in [4.78, 5) is 51.9. The van der Waals surface area contributed by atoms with E-state index < -0.39 is 21.4 Å². The van der Waals surface area contributed by atoms with Gasteiger partial charge in [-0.1, -0.05) is 0 Å². The SMILES string of the molecule is CC1(C)CC(N)CC(C)(C)N1.CC1(C)CC(NC(=O)Oc2ccc([N+](=O)[O-])cc2)CC(C)(C)[NH2+]1.CCOC(C)=O.O=C(Cl)Oc1ccc([N+](=O)[O-])cc1.[Cl-]. The molecule has 1 amide bonds. The van der Waals surface area contributed by atoms with E-state index in [4.69, 9.17) is 22.1 Å². The first-order valence-corrected chi connectivity index (χ1v) is 17.5. The third kappa shape index (κ3) is 21.0. The lowest BCUT2D eigenvalue weighted by atomic mass is 9.80. The number of hydrogen-bond acceptors (Lipinski definition) is 12. The Kier molecular flexibility index (Phi) is 20.1. The zero-order valence-electron chi connectivity index (χ0n) is 32.7. The Labute approximate surface area is 328 Å². The number of esters is 1. The highest BCUT2D eigenvalue weighted by molar-refractivity contribution is 6.61. The number of non-ortho nitro benzene ring substituents is 2. The second-order valence-electron chi connectivity index (χ2n) is 15.6. The number of nitro groups is 2. The van der Waals surface area contributed by atoms with E-state index in [1.807, 2.05) is 0 Å². The van der Waals surface area contributed by atoms with Crippen molar-refractivity contribution in [1.29, 1.82) is 0 Å². The summed E-state index contributed by atoms with van der Waals surface area (Å²) in [5.74, 6) is 0.247. The van der Waals surface area contributed by atoms with Crippen molar-refractivity contribution in [2.45, 2.75) is 129 Å². The summed E-state index contributed by atoms with van der Waals surface area (Å²) in [5, 5.41) is 29.6. The van der Waals surface area contributed by atoms with Crippen LogP contribution >= 0.6 is 11.6 Å². The fourth-order valence-corrected chi connectivity index (χ4v) is 6.98. The van der Waals surface area contributed by atoms with E-state index in [0.29, 0.717) is 12.6 Å². The van der Waals surface area contributed by atoms with Crippen molar-refractivity contribution in [2.75, 3.05) is 6.61 Å². The number of nitrogens with two attached hydrogens (primary N) is 2. The summed E-state index contributed by atoms with van der Waals surface area (Å²) in [6.07, 6.45) is 3.34. The molecule has 16 nitrogen and oxygen atoms in total. The molecule has 2 aromatic carbocycles. The van der Waals surface area contributed by atoms with Crippen molar-refractivity contribution < 1.29 is 56.2 Å². The van der Waals surface area contributed by atoms with Gasteiger partial charge in [-0.05, 0) is 99.4 Å². The molecule has 2 fully saturated rings. The first-order chi connectivity index (χ1) is 24.2. The van der Waals surface area contributed by atoms with Crippen molar-refractivity contribution in [1.82, 2.24) is 10.6 Å². The number of piperidine rings is 2. The van der Waals surface area contributed by atoms with E-state index in [-0.39, 0.29) is 69.4 Å². The molecule has 2 heterocycles. The van der Waals surface area contributed by atoms with Gasteiger partial charge in [0.1, 0.15) is 11.5 Å². The largest absolute Gasteiger partial charge is 1.00 e.